The van der Waals surface area contributed by atoms with Crippen LogP contribution in [0.1, 0.15) is 53.9 Å². The molecule has 22 heavy (non-hydrogen) atoms. The zero-order valence-electron chi connectivity index (χ0n) is 12.5. The standard InChI is InChI=1S/C19H20O3/c20-17-11-5-10-16(18(17)19(21)22)15-9-4-8-14(12-15)13-6-2-1-3-7-13/h4-5,8-13,20H,1-3,6-7H2,(H,21,22). The van der Waals surface area contributed by atoms with Gasteiger partial charge in [0.25, 0.3) is 0 Å². The third kappa shape index (κ3) is 2.84. The minimum Gasteiger partial charge on any atom is -0.507 e. The summed E-state index contributed by atoms with van der Waals surface area (Å²) < 4.78 is 0. The second kappa shape index (κ2) is 6.22. The molecule has 0 spiro atoms. The summed E-state index contributed by atoms with van der Waals surface area (Å²) in [4.78, 5) is 11.4. The molecule has 1 saturated carbocycles. The highest BCUT2D eigenvalue weighted by atomic mass is 16.4. The zero-order valence-corrected chi connectivity index (χ0v) is 12.5. The van der Waals surface area contributed by atoms with Crippen molar-refractivity contribution in [3.05, 3.63) is 53.6 Å². The van der Waals surface area contributed by atoms with Crippen LogP contribution < -0.4 is 0 Å². The molecule has 0 amide bonds. The molecule has 3 rings (SSSR count). The predicted molar refractivity (Wildman–Crippen MR) is 86.3 cm³/mol. The summed E-state index contributed by atoms with van der Waals surface area (Å²) in [5.74, 6) is -0.719. The van der Waals surface area contributed by atoms with Crippen LogP contribution in [-0.2, 0) is 0 Å². The second-order valence-corrected chi connectivity index (χ2v) is 5.97. The third-order valence-electron chi connectivity index (χ3n) is 4.53. The first kappa shape index (κ1) is 14.6. The second-order valence-electron chi connectivity index (χ2n) is 5.97. The molecule has 2 aromatic carbocycles. The van der Waals surface area contributed by atoms with Gasteiger partial charge in [0.05, 0.1) is 0 Å². The number of carbonyl (C=O) groups is 1. The van der Waals surface area contributed by atoms with Crippen LogP contribution in [0, 0.1) is 0 Å². The van der Waals surface area contributed by atoms with Gasteiger partial charge in [-0.15, -0.1) is 0 Å². The molecule has 0 unspecified atom stereocenters. The Morgan fingerprint density at radius 1 is 1.00 bits per heavy atom. The third-order valence-corrected chi connectivity index (χ3v) is 4.53. The summed E-state index contributed by atoms with van der Waals surface area (Å²) in [6, 6.07) is 13.0. The molecular weight excluding hydrogens is 276 g/mol. The molecule has 3 nitrogen and oxygen atoms in total. The Hall–Kier alpha value is -2.29. The minimum atomic E-state index is -1.10. The van der Waals surface area contributed by atoms with E-state index in [2.05, 4.69) is 12.1 Å². The number of aromatic carboxylic acids is 1. The van der Waals surface area contributed by atoms with Crippen LogP contribution >= 0.6 is 0 Å². The lowest BCUT2D eigenvalue weighted by molar-refractivity contribution is 0.0694. The van der Waals surface area contributed by atoms with Gasteiger partial charge in [-0.05, 0) is 41.5 Å². The number of phenols is 1. The van der Waals surface area contributed by atoms with E-state index >= 15 is 0 Å². The largest absolute Gasteiger partial charge is 0.507 e. The van der Waals surface area contributed by atoms with Crippen LogP contribution in [-0.4, -0.2) is 16.2 Å². The van der Waals surface area contributed by atoms with Crippen LogP contribution in [0.4, 0.5) is 0 Å². The van der Waals surface area contributed by atoms with Crippen LogP contribution in [0.15, 0.2) is 42.5 Å². The van der Waals surface area contributed by atoms with E-state index in [0.717, 1.165) is 5.56 Å². The van der Waals surface area contributed by atoms with Gasteiger partial charge < -0.3 is 10.2 Å². The number of hydrogen-bond acceptors (Lipinski definition) is 2. The first-order valence-corrected chi connectivity index (χ1v) is 7.82. The number of carboxylic acid groups (broad SMARTS) is 1. The summed E-state index contributed by atoms with van der Waals surface area (Å²) in [7, 11) is 0. The molecule has 0 aliphatic heterocycles. The summed E-state index contributed by atoms with van der Waals surface area (Å²) in [5.41, 5.74) is 2.68. The van der Waals surface area contributed by atoms with Crippen molar-refractivity contribution in [3.8, 4) is 16.9 Å². The first-order chi connectivity index (χ1) is 10.7. The first-order valence-electron chi connectivity index (χ1n) is 7.82. The highest BCUT2D eigenvalue weighted by Crippen LogP contribution is 2.36. The molecule has 1 fully saturated rings. The summed E-state index contributed by atoms with van der Waals surface area (Å²) in [6.07, 6.45) is 6.25. The fraction of sp³-hybridized carbons (Fsp3) is 0.316. The molecule has 3 heteroatoms. The maximum Gasteiger partial charge on any atom is 0.340 e. The SMILES string of the molecule is O=C(O)c1c(O)cccc1-c1cccc(C2CCCCC2)c1. The van der Waals surface area contributed by atoms with Gasteiger partial charge in [0, 0.05) is 0 Å². The molecule has 114 valence electrons. The quantitative estimate of drug-likeness (QED) is 0.855. The van der Waals surface area contributed by atoms with Gasteiger partial charge in [0.2, 0.25) is 0 Å². The molecule has 0 saturated heterocycles. The molecule has 1 aliphatic carbocycles. The van der Waals surface area contributed by atoms with Gasteiger partial charge in [-0.3, -0.25) is 0 Å². The topological polar surface area (TPSA) is 57.5 Å². The van der Waals surface area contributed by atoms with Gasteiger partial charge in [0.15, 0.2) is 0 Å². The number of rotatable bonds is 3. The Morgan fingerprint density at radius 3 is 2.45 bits per heavy atom. The van der Waals surface area contributed by atoms with Crippen molar-refractivity contribution in [1.82, 2.24) is 0 Å². The van der Waals surface area contributed by atoms with Crippen molar-refractivity contribution in [1.29, 1.82) is 0 Å². The van der Waals surface area contributed by atoms with Gasteiger partial charge in [0.1, 0.15) is 11.3 Å². The predicted octanol–water partition coefficient (Wildman–Crippen LogP) is 4.81. The molecule has 0 radical (unpaired) electrons. The summed E-state index contributed by atoms with van der Waals surface area (Å²) >= 11 is 0. The Morgan fingerprint density at radius 2 is 1.73 bits per heavy atom. The monoisotopic (exact) mass is 296 g/mol. The Kier molecular flexibility index (Phi) is 4.14. The van der Waals surface area contributed by atoms with E-state index < -0.39 is 5.97 Å². The molecule has 1 aliphatic rings. The van der Waals surface area contributed by atoms with E-state index in [1.807, 2.05) is 12.1 Å². The van der Waals surface area contributed by atoms with Crippen molar-refractivity contribution in [3.63, 3.8) is 0 Å². The van der Waals surface area contributed by atoms with Crippen LogP contribution in [0.25, 0.3) is 11.1 Å². The highest BCUT2D eigenvalue weighted by Gasteiger charge is 2.19. The average Bonchev–Trinajstić information content (AvgIpc) is 2.55. The van der Waals surface area contributed by atoms with Gasteiger partial charge in [-0.1, -0.05) is 55.7 Å². The maximum absolute atomic E-state index is 11.4. The minimum absolute atomic E-state index is 0.0247. The molecule has 0 atom stereocenters. The lowest BCUT2D eigenvalue weighted by Crippen LogP contribution is -2.05. The lowest BCUT2D eigenvalue weighted by Gasteiger charge is -2.22. The highest BCUT2D eigenvalue weighted by molar-refractivity contribution is 5.98. The smallest absolute Gasteiger partial charge is 0.340 e. The van der Waals surface area contributed by atoms with Gasteiger partial charge in [-0.25, -0.2) is 4.79 Å². The van der Waals surface area contributed by atoms with Gasteiger partial charge in [-0.2, -0.15) is 0 Å². The summed E-state index contributed by atoms with van der Waals surface area (Å²) in [6.45, 7) is 0. The van der Waals surface area contributed by atoms with Crippen LogP contribution in [0.5, 0.6) is 5.75 Å². The Balaban J connectivity index is 2.02. The van der Waals surface area contributed by atoms with Crippen molar-refractivity contribution in [2.45, 2.75) is 38.0 Å². The number of carboxylic acids is 1. The fourth-order valence-electron chi connectivity index (χ4n) is 3.40. The van der Waals surface area contributed by atoms with Gasteiger partial charge >= 0.3 is 5.97 Å². The number of aromatic hydroxyl groups is 1. The Bertz CT molecular complexity index is 685. The molecule has 2 N–H and O–H groups in total. The van der Waals surface area contributed by atoms with Crippen molar-refractivity contribution >= 4 is 5.97 Å². The maximum atomic E-state index is 11.4. The van der Waals surface area contributed by atoms with Crippen molar-refractivity contribution in [2.75, 3.05) is 0 Å². The molecular formula is C19H20O3. The number of benzene rings is 2. The zero-order chi connectivity index (χ0) is 15.5. The normalized spacial score (nSPS) is 15.6. The molecule has 0 aromatic heterocycles. The fourth-order valence-corrected chi connectivity index (χ4v) is 3.40. The van der Waals surface area contributed by atoms with E-state index in [9.17, 15) is 15.0 Å². The molecule has 2 aromatic rings. The van der Waals surface area contributed by atoms with Crippen molar-refractivity contribution < 1.29 is 15.0 Å². The number of hydrogen-bond donors (Lipinski definition) is 2. The van der Waals surface area contributed by atoms with E-state index in [-0.39, 0.29) is 11.3 Å². The van der Waals surface area contributed by atoms with Crippen LogP contribution in [0.3, 0.4) is 0 Å². The van der Waals surface area contributed by atoms with E-state index in [1.54, 1.807) is 12.1 Å². The summed E-state index contributed by atoms with van der Waals surface area (Å²) in [5, 5.41) is 19.2. The van der Waals surface area contributed by atoms with E-state index in [4.69, 9.17) is 0 Å². The van der Waals surface area contributed by atoms with E-state index in [1.165, 1.54) is 43.7 Å². The molecule has 0 bridgehead atoms. The van der Waals surface area contributed by atoms with E-state index in [0.29, 0.717) is 11.5 Å². The van der Waals surface area contributed by atoms with Crippen LogP contribution in [0.2, 0.25) is 0 Å². The molecule has 0 heterocycles. The van der Waals surface area contributed by atoms with Crippen molar-refractivity contribution in [2.24, 2.45) is 0 Å². The average molecular weight is 296 g/mol. The Labute approximate surface area is 130 Å². The lowest BCUT2D eigenvalue weighted by atomic mass is 9.83.